The van der Waals surface area contributed by atoms with Crippen molar-refractivity contribution < 1.29 is 9.59 Å². The first-order valence-corrected chi connectivity index (χ1v) is 17.2. The summed E-state index contributed by atoms with van der Waals surface area (Å²) >= 11 is 6.14. The molecule has 0 bridgehead atoms. The summed E-state index contributed by atoms with van der Waals surface area (Å²) in [5.74, 6) is -0.186. The number of amides is 2. The minimum Gasteiger partial charge on any atom is -0.368 e. The quantitative estimate of drug-likeness (QED) is 0.277. The lowest BCUT2D eigenvalue weighted by Crippen LogP contribution is -2.58. The Morgan fingerprint density at radius 2 is 1.59 bits per heavy atom. The van der Waals surface area contributed by atoms with Gasteiger partial charge in [-0.25, -0.2) is 0 Å². The van der Waals surface area contributed by atoms with Gasteiger partial charge >= 0.3 is 0 Å². The second-order valence-electron chi connectivity index (χ2n) is 13.2. The Labute approximate surface area is 278 Å². The van der Waals surface area contributed by atoms with Crippen molar-refractivity contribution in [3.8, 4) is 0 Å². The second kappa shape index (κ2) is 15.0. The number of anilines is 1. The molecule has 8 nitrogen and oxygen atoms in total. The number of nitrogens with one attached hydrogen (secondary N) is 3. The van der Waals surface area contributed by atoms with E-state index in [1.807, 2.05) is 41.3 Å². The number of para-hydroxylation sites is 1. The van der Waals surface area contributed by atoms with Gasteiger partial charge in [-0.1, -0.05) is 66.2 Å². The average Bonchev–Trinajstić information content (AvgIpc) is 3.09. The number of piperazine rings is 1. The third-order valence-electron chi connectivity index (χ3n) is 9.96. The van der Waals surface area contributed by atoms with E-state index in [1.165, 1.54) is 22.4 Å². The van der Waals surface area contributed by atoms with Gasteiger partial charge in [-0.15, -0.1) is 0 Å². The lowest BCUT2D eigenvalue weighted by molar-refractivity contribution is -0.137. The molecule has 3 aromatic rings. The Kier molecular flexibility index (Phi) is 10.6. The van der Waals surface area contributed by atoms with Crippen LogP contribution in [0.15, 0.2) is 72.8 Å². The fraction of sp³-hybridized carbons (Fsp3) is 0.459. The third kappa shape index (κ3) is 7.92. The number of rotatable bonds is 9. The maximum atomic E-state index is 14.1. The lowest BCUT2D eigenvalue weighted by Gasteiger charge is -2.39. The number of hydrogen-bond donors (Lipinski definition) is 4. The Hall–Kier alpha value is -3.43. The fourth-order valence-electron chi connectivity index (χ4n) is 7.23. The van der Waals surface area contributed by atoms with E-state index in [4.69, 9.17) is 17.3 Å². The van der Waals surface area contributed by atoms with Crippen molar-refractivity contribution >= 4 is 29.1 Å². The Morgan fingerprint density at radius 3 is 2.33 bits per heavy atom. The van der Waals surface area contributed by atoms with Gasteiger partial charge in [0.15, 0.2) is 0 Å². The number of halogens is 1. The molecule has 3 aromatic carbocycles. The largest absolute Gasteiger partial charge is 0.368 e. The zero-order valence-electron chi connectivity index (χ0n) is 26.8. The summed E-state index contributed by atoms with van der Waals surface area (Å²) < 4.78 is 0. The summed E-state index contributed by atoms with van der Waals surface area (Å²) in [6, 6.07) is 24.3. The summed E-state index contributed by atoms with van der Waals surface area (Å²) in [7, 11) is 0. The maximum absolute atomic E-state index is 14.1. The van der Waals surface area contributed by atoms with Crippen LogP contribution in [-0.4, -0.2) is 67.1 Å². The summed E-state index contributed by atoms with van der Waals surface area (Å²) in [5.41, 5.74) is 12.0. The monoisotopic (exact) mass is 642 g/mol. The van der Waals surface area contributed by atoms with E-state index < -0.39 is 6.04 Å². The van der Waals surface area contributed by atoms with Gasteiger partial charge in [0, 0.05) is 68.0 Å². The van der Waals surface area contributed by atoms with Crippen LogP contribution < -0.4 is 26.6 Å². The van der Waals surface area contributed by atoms with Crippen LogP contribution >= 0.6 is 11.6 Å². The molecule has 3 atom stereocenters. The van der Waals surface area contributed by atoms with Gasteiger partial charge in [-0.2, -0.15) is 0 Å². The van der Waals surface area contributed by atoms with Gasteiger partial charge in [-0.05, 0) is 79.5 Å². The highest BCUT2D eigenvalue weighted by atomic mass is 35.5. The summed E-state index contributed by atoms with van der Waals surface area (Å²) in [6.07, 6.45) is 5.39. The predicted octanol–water partition coefficient (Wildman–Crippen LogP) is 4.35. The van der Waals surface area contributed by atoms with Crippen molar-refractivity contribution in [3.05, 3.63) is 100 Å². The van der Waals surface area contributed by atoms with Gasteiger partial charge in [0.2, 0.25) is 11.8 Å². The summed E-state index contributed by atoms with van der Waals surface area (Å²) in [5, 5.41) is 11.0. The van der Waals surface area contributed by atoms with E-state index in [-0.39, 0.29) is 23.9 Å². The first kappa shape index (κ1) is 32.5. The van der Waals surface area contributed by atoms with Crippen LogP contribution in [0, 0.1) is 0 Å². The van der Waals surface area contributed by atoms with Crippen LogP contribution in [0.2, 0.25) is 5.02 Å². The average molecular weight is 643 g/mol. The van der Waals surface area contributed by atoms with Crippen molar-refractivity contribution in [2.75, 3.05) is 31.1 Å². The molecule has 1 saturated heterocycles. The molecule has 46 heavy (non-hydrogen) atoms. The van der Waals surface area contributed by atoms with Crippen LogP contribution in [0.4, 0.5) is 5.69 Å². The van der Waals surface area contributed by atoms with Gasteiger partial charge in [0.05, 0.1) is 6.04 Å². The second-order valence-corrected chi connectivity index (χ2v) is 13.6. The number of carbonyl (C=O) groups excluding carboxylic acids is 2. The summed E-state index contributed by atoms with van der Waals surface area (Å²) in [4.78, 5) is 31.9. The number of fused-ring (bicyclic) bond motifs is 1. The highest BCUT2D eigenvalue weighted by Crippen LogP contribution is 2.29. The van der Waals surface area contributed by atoms with E-state index in [0.717, 1.165) is 44.3 Å². The van der Waals surface area contributed by atoms with Crippen LogP contribution in [0.3, 0.4) is 0 Å². The van der Waals surface area contributed by atoms with E-state index in [9.17, 15) is 9.59 Å². The molecule has 244 valence electrons. The van der Waals surface area contributed by atoms with E-state index in [2.05, 4.69) is 64.2 Å². The minimum atomic E-state index is -0.667. The molecule has 2 heterocycles. The Bertz CT molecular complexity index is 1480. The Morgan fingerprint density at radius 1 is 0.913 bits per heavy atom. The van der Waals surface area contributed by atoms with E-state index >= 15 is 0 Å². The van der Waals surface area contributed by atoms with Crippen molar-refractivity contribution in [2.24, 2.45) is 5.73 Å². The highest BCUT2D eigenvalue weighted by molar-refractivity contribution is 6.30. The molecule has 0 radical (unpaired) electrons. The van der Waals surface area contributed by atoms with Gasteiger partial charge in [0.25, 0.3) is 0 Å². The number of benzene rings is 3. The Balaban J connectivity index is 1.11. The fourth-order valence-corrected chi connectivity index (χ4v) is 7.35. The van der Waals surface area contributed by atoms with Crippen LogP contribution in [0.5, 0.6) is 0 Å². The minimum absolute atomic E-state index is 0.0435. The molecular weight excluding hydrogens is 596 g/mol. The predicted molar refractivity (Wildman–Crippen MR) is 185 cm³/mol. The molecule has 2 amide bonds. The maximum Gasteiger partial charge on any atom is 0.245 e. The molecule has 6 rings (SSSR count). The van der Waals surface area contributed by atoms with Gasteiger partial charge in [0.1, 0.15) is 6.04 Å². The molecule has 1 saturated carbocycles. The molecule has 9 heteroatoms. The molecule has 2 aliphatic heterocycles. The SMILES string of the molecule is CC(NC1CCC(N)CC1)c1ccccc1N1CCN(C(=O)[C@@H](Cc2ccc(Cl)cc2)NC(=O)[C@H]2Cc3ccccc3CN2)CC1. The molecule has 0 spiro atoms. The smallest absolute Gasteiger partial charge is 0.245 e. The van der Waals surface area contributed by atoms with E-state index in [1.54, 1.807) is 0 Å². The first-order chi connectivity index (χ1) is 22.3. The van der Waals surface area contributed by atoms with Crippen LogP contribution in [-0.2, 0) is 29.0 Å². The lowest BCUT2D eigenvalue weighted by atomic mass is 9.91. The highest BCUT2D eigenvalue weighted by Gasteiger charge is 2.33. The van der Waals surface area contributed by atoms with Crippen molar-refractivity contribution in [3.63, 3.8) is 0 Å². The molecule has 0 aromatic heterocycles. The van der Waals surface area contributed by atoms with Crippen molar-refractivity contribution in [1.82, 2.24) is 20.9 Å². The summed E-state index contributed by atoms with van der Waals surface area (Å²) in [6.45, 7) is 5.54. The standard InChI is InChI=1S/C37H47ClN6O2/c1-25(41-31-16-14-30(39)15-17-31)32-8-4-5-9-35(32)43-18-20-44(21-19-43)37(46)34(22-26-10-12-29(38)13-11-26)42-36(45)33-23-27-6-2-3-7-28(27)24-40-33/h2-13,25,30-31,33-34,40-41H,14-24,39H2,1H3,(H,42,45)/t25?,30?,31?,33-,34-/m1/s1. The number of hydrogen-bond acceptors (Lipinski definition) is 6. The third-order valence-corrected chi connectivity index (χ3v) is 10.2. The zero-order valence-corrected chi connectivity index (χ0v) is 27.5. The number of nitrogens with two attached hydrogens (primary N) is 1. The number of nitrogens with zero attached hydrogens (tertiary/aromatic N) is 2. The molecule has 1 unspecified atom stereocenters. The van der Waals surface area contributed by atoms with Crippen LogP contribution in [0.1, 0.15) is 60.9 Å². The normalized spacial score (nSPS) is 22.9. The molecule has 1 aliphatic carbocycles. The molecule has 2 fully saturated rings. The molecule has 3 aliphatic rings. The van der Waals surface area contributed by atoms with Crippen LogP contribution in [0.25, 0.3) is 0 Å². The van der Waals surface area contributed by atoms with Crippen molar-refractivity contribution in [2.45, 2.75) is 82.2 Å². The first-order valence-electron chi connectivity index (χ1n) is 16.8. The topological polar surface area (TPSA) is 103 Å². The molecular formula is C37H47ClN6O2. The molecule has 5 N–H and O–H groups in total. The number of carbonyl (C=O) groups is 2. The van der Waals surface area contributed by atoms with E-state index in [0.29, 0.717) is 49.6 Å². The van der Waals surface area contributed by atoms with Crippen molar-refractivity contribution in [1.29, 1.82) is 0 Å². The van der Waals surface area contributed by atoms with Gasteiger partial charge in [-0.3, -0.25) is 9.59 Å². The van der Waals surface area contributed by atoms with Gasteiger partial charge < -0.3 is 31.5 Å². The zero-order chi connectivity index (χ0) is 32.0.